The predicted octanol–water partition coefficient (Wildman–Crippen LogP) is 2.49. The normalized spacial score (nSPS) is 23.2. The van der Waals surface area contributed by atoms with Crippen molar-refractivity contribution in [2.75, 3.05) is 20.2 Å². The highest BCUT2D eigenvalue weighted by atomic mass is 35.5. The number of methoxy groups -OCH3 is 1. The van der Waals surface area contributed by atoms with Crippen molar-refractivity contribution in [3.63, 3.8) is 0 Å². The second-order valence-electron chi connectivity index (χ2n) is 4.92. The van der Waals surface area contributed by atoms with Gasteiger partial charge >= 0.3 is 0 Å². The molecule has 1 heterocycles. The van der Waals surface area contributed by atoms with Crippen molar-refractivity contribution >= 4 is 17.5 Å². The molecule has 0 radical (unpaired) electrons. The number of carbonyl (C=O) groups is 1. The standard InChI is InChI=1S/C14H18ClNO3/c1-9-8-16(6-5-12(9)15)14(18)11-4-3-10(19-2)7-13(11)17/h3-4,7,9,12,17H,5-6,8H2,1-2H3. The molecule has 0 saturated carbocycles. The molecule has 1 fully saturated rings. The van der Waals surface area contributed by atoms with Crippen LogP contribution in [0.25, 0.3) is 0 Å². The number of nitrogens with zero attached hydrogens (tertiary/aromatic N) is 1. The smallest absolute Gasteiger partial charge is 0.257 e. The molecule has 2 unspecified atom stereocenters. The number of hydrogen-bond donors (Lipinski definition) is 1. The maximum absolute atomic E-state index is 12.4. The van der Waals surface area contributed by atoms with Crippen molar-refractivity contribution in [2.24, 2.45) is 5.92 Å². The molecule has 4 nitrogen and oxygen atoms in total. The van der Waals surface area contributed by atoms with Gasteiger partial charge in [-0.1, -0.05) is 6.92 Å². The number of likely N-dealkylation sites (tertiary alicyclic amines) is 1. The van der Waals surface area contributed by atoms with Gasteiger partial charge in [0, 0.05) is 24.5 Å². The molecule has 104 valence electrons. The number of ether oxygens (including phenoxy) is 1. The second kappa shape index (κ2) is 5.70. The number of aromatic hydroxyl groups is 1. The predicted molar refractivity (Wildman–Crippen MR) is 74.0 cm³/mol. The largest absolute Gasteiger partial charge is 0.507 e. The number of rotatable bonds is 2. The van der Waals surface area contributed by atoms with Crippen LogP contribution in [0.5, 0.6) is 11.5 Å². The first-order valence-corrected chi connectivity index (χ1v) is 6.77. The van der Waals surface area contributed by atoms with Gasteiger partial charge in [-0.15, -0.1) is 11.6 Å². The Morgan fingerprint density at radius 2 is 2.26 bits per heavy atom. The lowest BCUT2D eigenvalue weighted by atomic mass is 9.98. The van der Waals surface area contributed by atoms with E-state index in [0.717, 1.165) is 6.42 Å². The van der Waals surface area contributed by atoms with Crippen LogP contribution in [-0.2, 0) is 0 Å². The summed E-state index contributed by atoms with van der Waals surface area (Å²) in [5.74, 6) is 0.585. The summed E-state index contributed by atoms with van der Waals surface area (Å²) in [4.78, 5) is 14.1. The summed E-state index contributed by atoms with van der Waals surface area (Å²) >= 11 is 6.15. The average Bonchev–Trinajstić information content (AvgIpc) is 2.41. The molecule has 0 bridgehead atoms. The van der Waals surface area contributed by atoms with Crippen LogP contribution in [0.2, 0.25) is 0 Å². The molecule has 1 aliphatic rings. The van der Waals surface area contributed by atoms with Crippen molar-refractivity contribution in [3.8, 4) is 11.5 Å². The Labute approximate surface area is 117 Å². The van der Waals surface area contributed by atoms with E-state index in [4.69, 9.17) is 16.3 Å². The third kappa shape index (κ3) is 2.95. The van der Waals surface area contributed by atoms with E-state index in [2.05, 4.69) is 0 Å². The van der Waals surface area contributed by atoms with Gasteiger partial charge in [-0.25, -0.2) is 0 Å². The number of alkyl halides is 1. The molecule has 0 aromatic heterocycles. The van der Waals surface area contributed by atoms with Gasteiger partial charge in [0.1, 0.15) is 11.5 Å². The fraction of sp³-hybridized carbons (Fsp3) is 0.500. The number of phenolic OH excluding ortho intramolecular Hbond substituents is 1. The molecule has 5 heteroatoms. The zero-order valence-electron chi connectivity index (χ0n) is 11.1. The molecule has 2 rings (SSSR count). The van der Waals surface area contributed by atoms with E-state index in [1.807, 2.05) is 6.92 Å². The van der Waals surface area contributed by atoms with Crippen LogP contribution < -0.4 is 4.74 Å². The zero-order valence-corrected chi connectivity index (χ0v) is 11.9. The molecule has 1 amide bonds. The lowest BCUT2D eigenvalue weighted by Crippen LogP contribution is -2.43. The molecule has 1 saturated heterocycles. The maximum Gasteiger partial charge on any atom is 0.257 e. The summed E-state index contributed by atoms with van der Waals surface area (Å²) in [6.45, 7) is 3.28. The number of amides is 1. The van der Waals surface area contributed by atoms with Crippen LogP contribution in [0, 0.1) is 5.92 Å². The molecule has 0 spiro atoms. The summed E-state index contributed by atoms with van der Waals surface area (Å²) in [5.41, 5.74) is 0.307. The molecular weight excluding hydrogens is 266 g/mol. The van der Waals surface area contributed by atoms with Crippen molar-refractivity contribution in [1.29, 1.82) is 0 Å². The number of halogens is 1. The number of phenols is 1. The molecule has 19 heavy (non-hydrogen) atoms. The molecule has 1 aromatic carbocycles. The average molecular weight is 284 g/mol. The Balaban J connectivity index is 2.16. The lowest BCUT2D eigenvalue weighted by molar-refractivity contribution is 0.0684. The SMILES string of the molecule is COc1ccc(C(=O)N2CCC(Cl)C(C)C2)c(O)c1. The van der Waals surface area contributed by atoms with Crippen LogP contribution >= 0.6 is 11.6 Å². The fourth-order valence-corrected chi connectivity index (χ4v) is 2.47. The van der Waals surface area contributed by atoms with E-state index in [1.54, 1.807) is 17.0 Å². The summed E-state index contributed by atoms with van der Waals surface area (Å²) in [7, 11) is 1.52. The zero-order chi connectivity index (χ0) is 14.0. The van der Waals surface area contributed by atoms with Gasteiger partial charge in [0.15, 0.2) is 0 Å². The Hall–Kier alpha value is -1.42. The third-order valence-electron chi connectivity index (χ3n) is 3.52. The van der Waals surface area contributed by atoms with E-state index >= 15 is 0 Å². The van der Waals surface area contributed by atoms with Crippen LogP contribution in [0.4, 0.5) is 0 Å². The van der Waals surface area contributed by atoms with E-state index < -0.39 is 0 Å². The number of hydrogen-bond acceptors (Lipinski definition) is 3. The third-order valence-corrected chi connectivity index (χ3v) is 4.17. The minimum Gasteiger partial charge on any atom is -0.507 e. The molecule has 1 aliphatic heterocycles. The first-order chi connectivity index (χ1) is 9.02. The van der Waals surface area contributed by atoms with Gasteiger partial charge in [0.2, 0.25) is 0 Å². The minimum absolute atomic E-state index is 0.0509. The van der Waals surface area contributed by atoms with Crippen LogP contribution in [-0.4, -0.2) is 41.5 Å². The lowest BCUT2D eigenvalue weighted by Gasteiger charge is -2.34. The first-order valence-electron chi connectivity index (χ1n) is 6.33. The highest BCUT2D eigenvalue weighted by Crippen LogP contribution is 2.27. The first kappa shape index (κ1) is 14.0. The Morgan fingerprint density at radius 1 is 1.53 bits per heavy atom. The topological polar surface area (TPSA) is 49.8 Å². The van der Waals surface area contributed by atoms with Crippen LogP contribution in [0.15, 0.2) is 18.2 Å². The quantitative estimate of drug-likeness (QED) is 0.849. The summed E-state index contributed by atoms with van der Waals surface area (Å²) in [5, 5.41) is 10.0. The molecule has 0 aliphatic carbocycles. The van der Waals surface area contributed by atoms with Gasteiger partial charge in [0.25, 0.3) is 5.91 Å². The fourth-order valence-electron chi connectivity index (χ4n) is 2.29. The second-order valence-corrected chi connectivity index (χ2v) is 5.48. The highest BCUT2D eigenvalue weighted by Gasteiger charge is 2.28. The Kier molecular flexibility index (Phi) is 4.20. The number of carbonyl (C=O) groups excluding carboxylic acids is 1. The van der Waals surface area contributed by atoms with E-state index in [0.29, 0.717) is 24.4 Å². The maximum atomic E-state index is 12.4. The molecular formula is C14H18ClNO3. The van der Waals surface area contributed by atoms with Crippen molar-refractivity contribution in [3.05, 3.63) is 23.8 Å². The Bertz CT molecular complexity index is 478. The monoisotopic (exact) mass is 283 g/mol. The van der Waals surface area contributed by atoms with E-state index in [-0.39, 0.29) is 23.0 Å². The Morgan fingerprint density at radius 3 is 2.84 bits per heavy atom. The van der Waals surface area contributed by atoms with Gasteiger partial charge in [-0.3, -0.25) is 4.79 Å². The minimum atomic E-state index is -0.157. The summed E-state index contributed by atoms with van der Waals surface area (Å²) < 4.78 is 5.00. The van der Waals surface area contributed by atoms with E-state index in [9.17, 15) is 9.90 Å². The van der Waals surface area contributed by atoms with Gasteiger partial charge in [-0.05, 0) is 24.5 Å². The molecule has 2 atom stereocenters. The number of benzene rings is 1. The van der Waals surface area contributed by atoms with Crippen molar-refractivity contribution < 1.29 is 14.6 Å². The highest BCUT2D eigenvalue weighted by molar-refractivity contribution is 6.20. The van der Waals surface area contributed by atoms with Gasteiger partial charge in [-0.2, -0.15) is 0 Å². The van der Waals surface area contributed by atoms with Crippen LogP contribution in [0.1, 0.15) is 23.7 Å². The van der Waals surface area contributed by atoms with Gasteiger partial charge in [0.05, 0.1) is 12.7 Å². The van der Waals surface area contributed by atoms with Crippen molar-refractivity contribution in [2.45, 2.75) is 18.7 Å². The van der Waals surface area contributed by atoms with E-state index in [1.165, 1.54) is 13.2 Å². The molecule has 1 N–H and O–H groups in total. The van der Waals surface area contributed by atoms with Gasteiger partial charge < -0.3 is 14.7 Å². The van der Waals surface area contributed by atoms with Crippen LogP contribution in [0.3, 0.4) is 0 Å². The summed E-state index contributed by atoms with van der Waals surface area (Å²) in [6.07, 6.45) is 0.783. The summed E-state index contributed by atoms with van der Waals surface area (Å²) in [6, 6.07) is 4.71. The molecule has 1 aromatic rings. The number of piperidine rings is 1. The van der Waals surface area contributed by atoms with Crippen molar-refractivity contribution in [1.82, 2.24) is 4.90 Å².